The third-order valence-corrected chi connectivity index (χ3v) is 5.62. The average molecular weight is 456 g/mol. The second kappa shape index (κ2) is 8.96. The van der Waals surface area contributed by atoms with Gasteiger partial charge in [-0.15, -0.1) is 0 Å². The van der Waals surface area contributed by atoms with Crippen LogP contribution in [0.4, 0.5) is 5.69 Å². The van der Waals surface area contributed by atoms with Crippen LogP contribution in [0, 0.1) is 0 Å². The molecule has 31 heavy (non-hydrogen) atoms. The number of furan rings is 1. The van der Waals surface area contributed by atoms with Crippen LogP contribution in [0.25, 0.3) is 0 Å². The van der Waals surface area contributed by atoms with Gasteiger partial charge in [-0.25, -0.2) is 4.99 Å². The van der Waals surface area contributed by atoms with E-state index in [2.05, 4.69) is 10.3 Å². The van der Waals surface area contributed by atoms with Crippen LogP contribution >= 0.6 is 23.2 Å². The van der Waals surface area contributed by atoms with Gasteiger partial charge in [-0.3, -0.25) is 9.59 Å². The summed E-state index contributed by atoms with van der Waals surface area (Å²) in [5.74, 6) is -0.138. The third-order valence-electron chi connectivity index (χ3n) is 5.03. The number of hydrogen-bond acceptors (Lipinski definition) is 4. The van der Waals surface area contributed by atoms with Crippen molar-refractivity contribution >= 4 is 46.4 Å². The van der Waals surface area contributed by atoms with Crippen molar-refractivity contribution in [2.45, 2.75) is 19.0 Å². The Labute approximate surface area is 189 Å². The molecule has 3 aromatic rings. The van der Waals surface area contributed by atoms with Gasteiger partial charge in [-0.05, 0) is 42.3 Å². The van der Waals surface area contributed by atoms with Crippen molar-refractivity contribution in [3.8, 4) is 0 Å². The number of nitrogens with zero attached hydrogens (tertiary/aromatic N) is 2. The van der Waals surface area contributed by atoms with Crippen molar-refractivity contribution < 1.29 is 14.0 Å². The number of carbonyl (C=O) groups excluding carboxylic acids is 2. The first-order valence-corrected chi connectivity index (χ1v) is 10.4. The lowest BCUT2D eigenvalue weighted by Gasteiger charge is -2.20. The lowest BCUT2D eigenvalue weighted by molar-refractivity contribution is -0.127. The van der Waals surface area contributed by atoms with Gasteiger partial charge < -0.3 is 14.6 Å². The monoisotopic (exact) mass is 455 g/mol. The summed E-state index contributed by atoms with van der Waals surface area (Å²) in [7, 11) is 1.66. The highest BCUT2D eigenvalue weighted by Crippen LogP contribution is 2.27. The van der Waals surface area contributed by atoms with Gasteiger partial charge in [0.05, 0.1) is 12.0 Å². The summed E-state index contributed by atoms with van der Waals surface area (Å²) in [5, 5.41) is 3.77. The van der Waals surface area contributed by atoms with Crippen molar-refractivity contribution in [1.82, 2.24) is 5.32 Å². The van der Waals surface area contributed by atoms with E-state index < -0.39 is 6.17 Å². The molecular formula is C23H19Cl2N3O3. The first kappa shape index (κ1) is 21.2. The van der Waals surface area contributed by atoms with Crippen LogP contribution in [0.2, 0.25) is 10.0 Å². The Morgan fingerprint density at radius 1 is 1.16 bits per heavy atom. The van der Waals surface area contributed by atoms with Gasteiger partial charge in [0.2, 0.25) is 12.1 Å². The highest BCUT2D eigenvalue weighted by Gasteiger charge is 2.31. The minimum atomic E-state index is -1.08. The Morgan fingerprint density at radius 2 is 1.97 bits per heavy atom. The van der Waals surface area contributed by atoms with E-state index in [0.29, 0.717) is 33.6 Å². The van der Waals surface area contributed by atoms with Gasteiger partial charge in [0.1, 0.15) is 5.71 Å². The van der Waals surface area contributed by atoms with Crippen LogP contribution in [0.3, 0.4) is 0 Å². The summed E-state index contributed by atoms with van der Waals surface area (Å²) < 4.78 is 5.54. The summed E-state index contributed by atoms with van der Waals surface area (Å²) in [4.78, 5) is 31.8. The molecule has 0 bridgehead atoms. The molecule has 6 nitrogen and oxygen atoms in total. The smallest absolute Gasteiger partial charge is 0.272 e. The molecule has 2 heterocycles. The van der Waals surface area contributed by atoms with E-state index in [9.17, 15) is 9.59 Å². The van der Waals surface area contributed by atoms with Crippen LogP contribution in [0.15, 0.2) is 70.3 Å². The van der Waals surface area contributed by atoms with Gasteiger partial charge in [-0.2, -0.15) is 0 Å². The molecule has 1 N–H and O–H groups in total. The van der Waals surface area contributed by atoms with Crippen molar-refractivity contribution in [3.05, 3.63) is 87.8 Å². The molecule has 0 spiro atoms. The fraction of sp³-hybridized carbons (Fsp3) is 0.174. The van der Waals surface area contributed by atoms with Gasteiger partial charge in [0.15, 0.2) is 5.76 Å². The number of rotatable bonds is 5. The Kier molecular flexibility index (Phi) is 6.11. The molecule has 1 aliphatic rings. The minimum Gasteiger partial charge on any atom is -0.463 e. The molecule has 2 amide bonds. The SMILES string of the molecule is CN1C(=O)C(NC(=O)CCc2ccc(Cl)cc2Cl)N=C(c2ccco2)c2ccccc21. The number of hydrogen-bond donors (Lipinski definition) is 1. The Morgan fingerprint density at radius 3 is 2.71 bits per heavy atom. The summed E-state index contributed by atoms with van der Waals surface area (Å²) in [5.41, 5.74) is 2.74. The molecule has 1 unspecified atom stereocenters. The molecule has 0 saturated heterocycles. The molecule has 1 aromatic heterocycles. The average Bonchev–Trinajstić information content (AvgIpc) is 3.26. The number of amides is 2. The van der Waals surface area contributed by atoms with E-state index in [1.165, 1.54) is 4.90 Å². The van der Waals surface area contributed by atoms with Crippen molar-refractivity contribution in [2.24, 2.45) is 4.99 Å². The van der Waals surface area contributed by atoms with Crippen LogP contribution in [0.1, 0.15) is 23.3 Å². The predicted octanol–water partition coefficient (Wildman–Crippen LogP) is 4.48. The van der Waals surface area contributed by atoms with Crippen molar-refractivity contribution in [2.75, 3.05) is 11.9 Å². The fourth-order valence-electron chi connectivity index (χ4n) is 3.42. The molecule has 0 saturated carbocycles. The maximum Gasteiger partial charge on any atom is 0.272 e. The summed E-state index contributed by atoms with van der Waals surface area (Å²) in [6.07, 6.45) is 1.02. The van der Waals surface area contributed by atoms with E-state index in [-0.39, 0.29) is 18.2 Å². The van der Waals surface area contributed by atoms with E-state index >= 15 is 0 Å². The number of anilines is 1. The van der Waals surface area contributed by atoms with Crippen LogP contribution in [-0.4, -0.2) is 30.7 Å². The molecule has 0 aliphatic carbocycles. The van der Waals surface area contributed by atoms with Crippen molar-refractivity contribution in [3.63, 3.8) is 0 Å². The zero-order valence-electron chi connectivity index (χ0n) is 16.6. The largest absolute Gasteiger partial charge is 0.463 e. The molecule has 0 fully saturated rings. The van der Waals surface area contributed by atoms with Crippen LogP contribution in [0.5, 0.6) is 0 Å². The minimum absolute atomic E-state index is 0.146. The standard InChI is InChI=1S/C23H19Cl2N3O3/c1-28-18-6-3-2-5-16(18)21(19-7-4-12-31-19)27-22(23(28)30)26-20(29)11-9-14-8-10-15(24)13-17(14)25/h2-8,10,12-13,22H,9,11H2,1H3,(H,26,29). The number of halogens is 2. The van der Waals surface area contributed by atoms with Gasteiger partial charge >= 0.3 is 0 Å². The first-order valence-electron chi connectivity index (χ1n) is 9.66. The molecular weight excluding hydrogens is 437 g/mol. The van der Waals surface area contributed by atoms with Crippen LogP contribution in [-0.2, 0) is 16.0 Å². The number of nitrogens with one attached hydrogen (secondary N) is 1. The molecule has 0 radical (unpaired) electrons. The number of para-hydroxylation sites is 1. The summed E-state index contributed by atoms with van der Waals surface area (Å²) >= 11 is 12.1. The maximum absolute atomic E-state index is 13.1. The molecule has 4 rings (SSSR count). The number of aryl methyl sites for hydroxylation is 1. The lowest BCUT2D eigenvalue weighted by atomic mass is 10.1. The summed E-state index contributed by atoms with van der Waals surface area (Å²) in [6.45, 7) is 0. The third kappa shape index (κ3) is 4.50. The number of aliphatic imine (C=N–C) groups is 1. The second-order valence-electron chi connectivity index (χ2n) is 7.08. The van der Waals surface area contributed by atoms with Gasteiger partial charge in [0, 0.05) is 29.1 Å². The Balaban J connectivity index is 1.58. The van der Waals surface area contributed by atoms with Crippen LogP contribution < -0.4 is 10.2 Å². The zero-order chi connectivity index (χ0) is 22.0. The highest BCUT2D eigenvalue weighted by atomic mass is 35.5. The van der Waals surface area contributed by atoms with E-state index in [4.69, 9.17) is 27.6 Å². The number of benzene rings is 2. The number of benzodiazepines with no additional fused rings is 1. The molecule has 8 heteroatoms. The maximum atomic E-state index is 13.1. The lowest BCUT2D eigenvalue weighted by Crippen LogP contribution is -2.46. The molecule has 1 atom stereocenters. The number of carbonyl (C=O) groups is 2. The topological polar surface area (TPSA) is 74.9 Å². The Hall–Kier alpha value is -3.09. The van der Waals surface area contributed by atoms with Gasteiger partial charge in [-0.1, -0.05) is 47.5 Å². The molecule has 2 aromatic carbocycles. The van der Waals surface area contributed by atoms with Crippen molar-refractivity contribution in [1.29, 1.82) is 0 Å². The van der Waals surface area contributed by atoms with E-state index in [0.717, 1.165) is 11.1 Å². The molecule has 158 valence electrons. The normalized spacial score (nSPS) is 15.8. The second-order valence-corrected chi connectivity index (χ2v) is 7.92. The molecule has 1 aliphatic heterocycles. The fourth-order valence-corrected chi connectivity index (χ4v) is 3.93. The number of likely N-dealkylation sites (N-methyl/N-ethyl adjacent to an activating group) is 1. The Bertz CT molecular complexity index is 1160. The quantitative estimate of drug-likeness (QED) is 0.616. The highest BCUT2D eigenvalue weighted by molar-refractivity contribution is 6.35. The zero-order valence-corrected chi connectivity index (χ0v) is 18.2. The number of fused-ring (bicyclic) bond motifs is 1. The van der Waals surface area contributed by atoms with Gasteiger partial charge in [0.25, 0.3) is 5.91 Å². The van der Waals surface area contributed by atoms with E-state index in [1.807, 2.05) is 24.3 Å². The summed E-state index contributed by atoms with van der Waals surface area (Å²) in [6, 6.07) is 16.1. The first-order chi connectivity index (χ1) is 14.9. The van der Waals surface area contributed by atoms with E-state index in [1.54, 1.807) is 43.6 Å². The predicted molar refractivity (Wildman–Crippen MR) is 121 cm³/mol.